The molecule has 2 aliphatic heterocycles. The molecule has 2 saturated heterocycles. The monoisotopic (exact) mass is 1010 g/mol. The van der Waals surface area contributed by atoms with Gasteiger partial charge in [-0.05, 0) is 76.6 Å². The number of carbonyl (C=O) groups is 1. The molecule has 3 N–H and O–H groups in total. The van der Waals surface area contributed by atoms with Crippen LogP contribution in [-0.2, 0) is 24.8 Å². The van der Waals surface area contributed by atoms with Crippen LogP contribution in [0.15, 0.2) is 144 Å². The summed E-state index contributed by atoms with van der Waals surface area (Å²) in [5, 5.41) is 12.0. The van der Waals surface area contributed by atoms with Crippen molar-refractivity contribution in [2.24, 2.45) is 0 Å². The first-order valence-corrected chi connectivity index (χ1v) is 25.8. The third-order valence-electron chi connectivity index (χ3n) is 11.5. The Morgan fingerprint density at radius 3 is 1.59 bits per heavy atom. The normalized spacial score (nSPS) is 16.3. The predicted octanol–water partition coefficient (Wildman–Crippen LogP) is 9.17. The van der Waals surface area contributed by atoms with Crippen LogP contribution in [0, 0.1) is 0 Å². The number of amides is 1. The molecular formula is C49H48Cl2N10O6S2. The lowest BCUT2D eigenvalue weighted by molar-refractivity contribution is 0.0293. The van der Waals surface area contributed by atoms with Crippen molar-refractivity contribution < 1.29 is 26.4 Å². The second-order valence-corrected chi connectivity index (χ2v) is 22.0. The molecule has 2 atom stereocenters. The van der Waals surface area contributed by atoms with E-state index in [1.54, 1.807) is 102 Å². The Kier molecular flexibility index (Phi) is 13.4. The smallest absolute Gasteiger partial charge is 0.410 e. The third kappa shape index (κ3) is 10.1. The van der Waals surface area contributed by atoms with Crippen LogP contribution in [0.25, 0.3) is 44.3 Å². The van der Waals surface area contributed by atoms with Crippen LogP contribution >= 0.6 is 23.2 Å². The van der Waals surface area contributed by atoms with Crippen LogP contribution in [-0.4, -0.2) is 99.6 Å². The Morgan fingerprint density at radius 1 is 0.667 bits per heavy atom. The van der Waals surface area contributed by atoms with E-state index in [2.05, 4.69) is 35.9 Å². The Balaban J connectivity index is 0.000000175. The van der Waals surface area contributed by atoms with E-state index >= 15 is 0 Å². The molecule has 4 aromatic carbocycles. The van der Waals surface area contributed by atoms with Crippen LogP contribution in [0.5, 0.6) is 0 Å². The van der Waals surface area contributed by atoms with Gasteiger partial charge in [0, 0.05) is 66.0 Å². The van der Waals surface area contributed by atoms with E-state index in [0.717, 1.165) is 24.9 Å². The van der Waals surface area contributed by atoms with Gasteiger partial charge >= 0.3 is 6.09 Å². The summed E-state index contributed by atoms with van der Waals surface area (Å²) in [6, 6.07) is 31.3. The Hall–Kier alpha value is -6.57. The highest BCUT2D eigenvalue weighted by Gasteiger charge is 2.31. The number of hydrogen-bond acceptors (Lipinski definition) is 13. The molecule has 0 unspecified atom stereocenters. The summed E-state index contributed by atoms with van der Waals surface area (Å²) in [5.74, 6) is 0.805. The summed E-state index contributed by atoms with van der Waals surface area (Å²) in [6.45, 7) is 8.30. The average molecular weight is 1010 g/mol. The van der Waals surface area contributed by atoms with Crippen molar-refractivity contribution in [1.82, 2.24) is 38.1 Å². The fraction of sp³-hybridized carbons (Fsp3) is 0.245. The highest BCUT2D eigenvalue weighted by atomic mass is 35.5. The van der Waals surface area contributed by atoms with Gasteiger partial charge in [0.15, 0.2) is 0 Å². The topological polar surface area (TPSA) is 195 Å². The summed E-state index contributed by atoms with van der Waals surface area (Å²) in [4.78, 5) is 32.4. The highest BCUT2D eigenvalue weighted by molar-refractivity contribution is 7.90. The van der Waals surface area contributed by atoms with Gasteiger partial charge in [0.25, 0.3) is 20.0 Å². The van der Waals surface area contributed by atoms with E-state index < -0.39 is 25.6 Å². The predicted molar refractivity (Wildman–Crippen MR) is 269 cm³/mol. The summed E-state index contributed by atoms with van der Waals surface area (Å²) in [5.41, 5.74) is 2.61. The minimum Gasteiger partial charge on any atom is -0.444 e. The fourth-order valence-electron chi connectivity index (χ4n) is 8.25. The number of carbonyl (C=O) groups excluding carboxylic acids is 1. The molecule has 0 saturated carbocycles. The van der Waals surface area contributed by atoms with Gasteiger partial charge in [-0.2, -0.15) is 0 Å². The van der Waals surface area contributed by atoms with Crippen LogP contribution in [0.3, 0.4) is 0 Å². The molecule has 0 bridgehead atoms. The van der Waals surface area contributed by atoms with E-state index in [-0.39, 0.29) is 33.0 Å². The standard InChI is InChI=1S/C27H28ClN5O4S.C22H20ClN5O2S/c1-27(2,3)37-26(34)32-14-13-18(16-32)30-25-29-15-22(28)24(31-25)21-17-33(23-12-8-7-11-20(21)23)38(35,36)19-9-5-4-6-10-19;23-19-13-25-22(26-15-10-11-24-12-15)27-21(19)18-14-28(20-9-5-4-8-17(18)20)31(29,30)16-6-2-1-3-7-16/h4-12,15,17-18H,13-14,16H2,1-3H3,(H,29,30,31);1-9,13-15,24H,10-12H2,(H,25,26,27)/t18-;15-/m11/s1. The lowest BCUT2D eigenvalue weighted by Crippen LogP contribution is -2.36. The number of likely N-dealkylation sites (tertiary alicyclic amines) is 1. The maximum atomic E-state index is 13.5. The van der Waals surface area contributed by atoms with Crippen LogP contribution in [0.1, 0.15) is 33.6 Å². The molecule has 69 heavy (non-hydrogen) atoms. The lowest BCUT2D eigenvalue weighted by Gasteiger charge is -2.24. The molecule has 6 heterocycles. The van der Waals surface area contributed by atoms with Crippen molar-refractivity contribution in [2.75, 3.05) is 36.8 Å². The first-order valence-electron chi connectivity index (χ1n) is 22.2. The minimum atomic E-state index is -3.86. The van der Waals surface area contributed by atoms with Crippen LogP contribution in [0.2, 0.25) is 10.0 Å². The minimum absolute atomic E-state index is 0.0728. The van der Waals surface area contributed by atoms with Gasteiger partial charge in [-0.15, -0.1) is 0 Å². The van der Waals surface area contributed by atoms with E-state index in [9.17, 15) is 21.6 Å². The molecule has 0 spiro atoms. The number of fused-ring (bicyclic) bond motifs is 2. The van der Waals surface area contributed by atoms with Crippen LogP contribution in [0.4, 0.5) is 16.7 Å². The second-order valence-electron chi connectivity index (χ2n) is 17.5. The zero-order valence-corrected chi connectivity index (χ0v) is 40.9. The SMILES string of the molecule is CC(C)(C)OC(=O)N1CC[C@@H](Nc2ncc(Cl)c(-c3cn(S(=O)(=O)c4ccccc4)c4ccccc34)n2)C1.O=S(=O)(c1ccccc1)n1cc(-c2nc(N[C@@H]3CCNC3)ncc2Cl)c2ccccc21. The molecule has 1 amide bonds. The van der Waals surface area contributed by atoms with E-state index in [4.69, 9.17) is 27.9 Å². The Labute approximate surface area is 409 Å². The van der Waals surface area contributed by atoms with Crippen LogP contribution < -0.4 is 16.0 Å². The zero-order valence-electron chi connectivity index (χ0n) is 37.8. The zero-order chi connectivity index (χ0) is 48.5. The summed E-state index contributed by atoms with van der Waals surface area (Å²) in [6.07, 6.45) is 7.50. The number of para-hydroxylation sites is 2. The van der Waals surface area contributed by atoms with Gasteiger partial charge in [0.1, 0.15) is 5.60 Å². The number of ether oxygens (including phenoxy) is 1. The molecule has 8 aromatic rings. The molecule has 0 radical (unpaired) electrons. The van der Waals surface area contributed by atoms with Crippen molar-refractivity contribution in [3.8, 4) is 22.5 Å². The molecule has 20 heteroatoms. The maximum Gasteiger partial charge on any atom is 0.410 e. The number of aromatic nitrogens is 6. The molecule has 16 nitrogen and oxygen atoms in total. The summed E-state index contributed by atoms with van der Waals surface area (Å²) >= 11 is 13.0. The molecule has 2 fully saturated rings. The molecule has 2 aliphatic rings. The molecule has 4 aromatic heterocycles. The number of anilines is 2. The number of nitrogens with one attached hydrogen (secondary N) is 3. The second kappa shape index (κ2) is 19.4. The van der Waals surface area contributed by atoms with Gasteiger partial charge in [-0.1, -0.05) is 96.0 Å². The average Bonchev–Trinajstić information content (AvgIpc) is 4.18. The first kappa shape index (κ1) is 47.5. The summed E-state index contributed by atoms with van der Waals surface area (Å²) in [7, 11) is -7.64. The van der Waals surface area contributed by atoms with Gasteiger partial charge < -0.3 is 25.6 Å². The molecule has 356 valence electrons. The van der Waals surface area contributed by atoms with Crippen molar-refractivity contribution in [2.45, 2.75) is 61.1 Å². The van der Waals surface area contributed by atoms with Crippen molar-refractivity contribution in [3.63, 3.8) is 0 Å². The van der Waals surface area contributed by atoms with Gasteiger partial charge in [-0.25, -0.2) is 49.5 Å². The van der Waals surface area contributed by atoms with Gasteiger partial charge in [-0.3, -0.25) is 0 Å². The summed E-state index contributed by atoms with van der Waals surface area (Å²) < 4.78 is 61.7. The Bertz CT molecular complexity index is 3400. The highest BCUT2D eigenvalue weighted by Crippen LogP contribution is 2.38. The first-order chi connectivity index (χ1) is 33.1. The number of nitrogens with zero attached hydrogens (tertiary/aromatic N) is 7. The number of hydrogen-bond donors (Lipinski definition) is 3. The van der Waals surface area contributed by atoms with Gasteiger partial charge in [0.2, 0.25) is 11.9 Å². The van der Waals surface area contributed by atoms with E-state index in [0.29, 0.717) is 75.4 Å². The maximum absolute atomic E-state index is 13.5. The van der Waals surface area contributed by atoms with E-state index in [1.165, 1.54) is 14.1 Å². The molecule has 10 rings (SSSR count). The van der Waals surface area contributed by atoms with Crippen molar-refractivity contribution in [1.29, 1.82) is 0 Å². The van der Waals surface area contributed by atoms with Crippen molar-refractivity contribution >= 4 is 83.0 Å². The lowest BCUT2D eigenvalue weighted by atomic mass is 10.1. The molecule has 0 aliphatic carbocycles. The fourth-order valence-corrected chi connectivity index (χ4v) is 11.4. The molecular weight excluding hydrogens is 960 g/mol. The number of benzene rings is 4. The largest absolute Gasteiger partial charge is 0.444 e. The number of halogens is 2. The quantitative estimate of drug-likeness (QED) is 0.117. The number of rotatable bonds is 10. The third-order valence-corrected chi connectivity index (χ3v) is 15.5. The Morgan fingerprint density at radius 2 is 1.13 bits per heavy atom. The van der Waals surface area contributed by atoms with Gasteiger partial charge in [0.05, 0.1) is 54.7 Å². The van der Waals surface area contributed by atoms with E-state index in [1.807, 2.05) is 51.1 Å². The van der Waals surface area contributed by atoms with Crippen molar-refractivity contribution in [3.05, 3.63) is 144 Å².